The first-order valence-electron chi connectivity index (χ1n) is 10.0. The third-order valence-corrected chi connectivity index (χ3v) is 5.23. The minimum Gasteiger partial charge on any atom is -0.353 e. The van der Waals surface area contributed by atoms with Gasteiger partial charge in [-0.25, -0.2) is 9.07 Å². The summed E-state index contributed by atoms with van der Waals surface area (Å²) in [6.45, 7) is 4.86. The molecule has 29 heavy (non-hydrogen) atoms. The van der Waals surface area contributed by atoms with Gasteiger partial charge in [-0.05, 0) is 54.3 Å². The Morgan fingerprint density at radius 2 is 1.93 bits per heavy atom. The standard InChI is InChI=1S/C20H27FN6O2/c1-3-4-19(28)22-17-9-11-26(12-10-17)20(29)18(27-14(2)23-24-25-27)13-15-5-7-16(21)8-6-15/h5-8,17-18H,3-4,9-13H2,1-2H3,(H,22,28)/t18-/m1/s1. The van der Waals surface area contributed by atoms with E-state index in [4.69, 9.17) is 0 Å². The molecule has 1 saturated heterocycles. The van der Waals surface area contributed by atoms with Gasteiger partial charge in [0.15, 0.2) is 0 Å². The van der Waals surface area contributed by atoms with E-state index in [0.29, 0.717) is 31.8 Å². The predicted octanol–water partition coefficient (Wildman–Crippen LogP) is 1.81. The molecule has 0 spiro atoms. The number of amides is 2. The summed E-state index contributed by atoms with van der Waals surface area (Å²) in [5.41, 5.74) is 0.835. The Morgan fingerprint density at radius 3 is 2.52 bits per heavy atom. The van der Waals surface area contributed by atoms with Crippen LogP contribution in [0.15, 0.2) is 24.3 Å². The summed E-state index contributed by atoms with van der Waals surface area (Å²) in [4.78, 5) is 26.9. The molecule has 0 unspecified atom stereocenters. The van der Waals surface area contributed by atoms with Crippen molar-refractivity contribution in [1.82, 2.24) is 30.4 Å². The molecule has 0 aliphatic carbocycles. The van der Waals surface area contributed by atoms with Gasteiger partial charge in [0, 0.05) is 32.0 Å². The summed E-state index contributed by atoms with van der Waals surface area (Å²) in [6, 6.07) is 5.61. The number of hydrogen-bond acceptors (Lipinski definition) is 5. The second-order valence-corrected chi connectivity index (χ2v) is 7.43. The number of aromatic nitrogens is 4. The van der Waals surface area contributed by atoms with Crippen LogP contribution in [0.25, 0.3) is 0 Å². The lowest BCUT2D eigenvalue weighted by Crippen LogP contribution is -2.48. The molecule has 2 heterocycles. The maximum atomic E-state index is 13.3. The van der Waals surface area contributed by atoms with Gasteiger partial charge in [0.05, 0.1) is 0 Å². The van der Waals surface area contributed by atoms with E-state index in [-0.39, 0.29) is 23.7 Å². The van der Waals surface area contributed by atoms with Crippen molar-refractivity contribution in [2.24, 2.45) is 0 Å². The predicted molar refractivity (Wildman–Crippen MR) is 104 cm³/mol. The van der Waals surface area contributed by atoms with Gasteiger partial charge in [-0.2, -0.15) is 0 Å². The minimum atomic E-state index is -0.596. The first-order valence-corrected chi connectivity index (χ1v) is 10.0. The zero-order valence-corrected chi connectivity index (χ0v) is 16.8. The van der Waals surface area contributed by atoms with E-state index in [1.165, 1.54) is 16.8 Å². The normalized spacial score (nSPS) is 15.9. The van der Waals surface area contributed by atoms with E-state index in [1.807, 2.05) is 6.92 Å². The van der Waals surface area contributed by atoms with Crippen molar-refractivity contribution in [2.75, 3.05) is 13.1 Å². The number of likely N-dealkylation sites (tertiary alicyclic amines) is 1. The number of halogens is 1. The van der Waals surface area contributed by atoms with Crippen molar-refractivity contribution in [3.8, 4) is 0 Å². The number of piperidine rings is 1. The number of aryl methyl sites for hydroxylation is 1. The molecular formula is C20H27FN6O2. The molecule has 156 valence electrons. The van der Waals surface area contributed by atoms with Crippen molar-refractivity contribution in [1.29, 1.82) is 0 Å². The topological polar surface area (TPSA) is 93.0 Å². The Kier molecular flexibility index (Phi) is 6.90. The van der Waals surface area contributed by atoms with Crippen LogP contribution < -0.4 is 5.32 Å². The van der Waals surface area contributed by atoms with Crippen LogP contribution in [0.1, 0.15) is 50.0 Å². The quantitative estimate of drug-likeness (QED) is 0.762. The number of tetrazole rings is 1. The Balaban J connectivity index is 1.68. The molecule has 0 radical (unpaired) electrons. The van der Waals surface area contributed by atoms with Crippen LogP contribution >= 0.6 is 0 Å². The third-order valence-electron chi connectivity index (χ3n) is 5.23. The zero-order chi connectivity index (χ0) is 20.8. The number of nitrogens with one attached hydrogen (secondary N) is 1. The van der Waals surface area contributed by atoms with Gasteiger partial charge >= 0.3 is 0 Å². The summed E-state index contributed by atoms with van der Waals surface area (Å²) in [5, 5.41) is 14.6. The van der Waals surface area contributed by atoms with Crippen LogP contribution in [0.4, 0.5) is 4.39 Å². The highest BCUT2D eigenvalue weighted by Crippen LogP contribution is 2.21. The molecule has 1 N–H and O–H groups in total. The monoisotopic (exact) mass is 402 g/mol. The molecule has 1 aromatic carbocycles. The second kappa shape index (κ2) is 9.58. The van der Waals surface area contributed by atoms with E-state index in [0.717, 1.165) is 24.8 Å². The highest BCUT2D eigenvalue weighted by atomic mass is 19.1. The highest BCUT2D eigenvalue weighted by molar-refractivity contribution is 5.81. The number of carbonyl (C=O) groups excluding carboxylic acids is 2. The third kappa shape index (κ3) is 5.36. The first kappa shape index (κ1) is 20.9. The van der Waals surface area contributed by atoms with Gasteiger partial charge in [0.1, 0.15) is 17.7 Å². The number of rotatable bonds is 7. The van der Waals surface area contributed by atoms with Gasteiger partial charge in [-0.15, -0.1) is 5.10 Å². The molecule has 0 bridgehead atoms. The van der Waals surface area contributed by atoms with Crippen LogP contribution in [0.3, 0.4) is 0 Å². The van der Waals surface area contributed by atoms with E-state index in [2.05, 4.69) is 20.8 Å². The summed E-state index contributed by atoms with van der Waals surface area (Å²) < 4.78 is 14.8. The number of carbonyl (C=O) groups is 2. The Morgan fingerprint density at radius 1 is 1.24 bits per heavy atom. The van der Waals surface area contributed by atoms with E-state index in [9.17, 15) is 14.0 Å². The molecule has 2 amide bonds. The van der Waals surface area contributed by atoms with Crippen molar-refractivity contribution in [3.05, 3.63) is 41.5 Å². The van der Waals surface area contributed by atoms with Crippen LogP contribution in [0.5, 0.6) is 0 Å². The van der Waals surface area contributed by atoms with Gasteiger partial charge in [0.25, 0.3) is 0 Å². The molecule has 1 aromatic heterocycles. The summed E-state index contributed by atoms with van der Waals surface area (Å²) in [5.74, 6) is 0.230. The maximum absolute atomic E-state index is 13.3. The molecule has 1 aliphatic heterocycles. The molecule has 1 aliphatic rings. The molecule has 8 nitrogen and oxygen atoms in total. The van der Waals surface area contributed by atoms with Crippen LogP contribution in [0.2, 0.25) is 0 Å². The molecular weight excluding hydrogens is 375 g/mol. The second-order valence-electron chi connectivity index (χ2n) is 7.43. The van der Waals surface area contributed by atoms with Gasteiger partial charge in [0.2, 0.25) is 11.8 Å². The molecule has 1 atom stereocenters. The number of benzene rings is 1. The number of nitrogens with zero attached hydrogens (tertiary/aromatic N) is 5. The molecule has 3 rings (SSSR count). The summed E-state index contributed by atoms with van der Waals surface area (Å²) in [7, 11) is 0. The molecule has 2 aromatic rings. The number of hydrogen-bond donors (Lipinski definition) is 1. The maximum Gasteiger partial charge on any atom is 0.247 e. The average molecular weight is 402 g/mol. The Bertz CT molecular complexity index is 830. The molecule has 9 heteroatoms. The Hall–Kier alpha value is -2.84. The lowest BCUT2D eigenvalue weighted by atomic mass is 10.0. The zero-order valence-electron chi connectivity index (χ0n) is 16.8. The van der Waals surface area contributed by atoms with Gasteiger partial charge in [-0.3, -0.25) is 9.59 Å². The lowest BCUT2D eigenvalue weighted by Gasteiger charge is -2.34. The van der Waals surface area contributed by atoms with Gasteiger partial charge < -0.3 is 10.2 Å². The van der Waals surface area contributed by atoms with Crippen LogP contribution in [0, 0.1) is 12.7 Å². The lowest BCUT2D eigenvalue weighted by molar-refractivity contribution is -0.136. The minimum absolute atomic E-state index is 0.0655. The van der Waals surface area contributed by atoms with Gasteiger partial charge in [-0.1, -0.05) is 19.1 Å². The van der Waals surface area contributed by atoms with E-state index >= 15 is 0 Å². The van der Waals surface area contributed by atoms with Crippen molar-refractivity contribution < 1.29 is 14.0 Å². The fourth-order valence-electron chi connectivity index (χ4n) is 3.63. The SMILES string of the molecule is CCCC(=O)NC1CCN(C(=O)[C@@H](Cc2ccc(F)cc2)n2nnnc2C)CC1. The van der Waals surface area contributed by atoms with E-state index in [1.54, 1.807) is 24.0 Å². The molecule has 0 saturated carbocycles. The highest BCUT2D eigenvalue weighted by Gasteiger charge is 2.31. The summed E-state index contributed by atoms with van der Waals surface area (Å²) >= 11 is 0. The average Bonchev–Trinajstić information content (AvgIpc) is 3.13. The first-order chi connectivity index (χ1) is 14.0. The largest absolute Gasteiger partial charge is 0.353 e. The van der Waals surface area contributed by atoms with Crippen LogP contribution in [-0.4, -0.2) is 56.1 Å². The van der Waals surface area contributed by atoms with Crippen LogP contribution in [-0.2, 0) is 16.0 Å². The fraction of sp³-hybridized carbons (Fsp3) is 0.550. The Labute approximate surface area is 169 Å². The smallest absolute Gasteiger partial charge is 0.247 e. The fourth-order valence-corrected chi connectivity index (χ4v) is 3.63. The van der Waals surface area contributed by atoms with Crippen molar-refractivity contribution >= 4 is 11.8 Å². The van der Waals surface area contributed by atoms with Crippen molar-refractivity contribution in [2.45, 2.75) is 58.0 Å². The molecule has 1 fully saturated rings. The van der Waals surface area contributed by atoms with E-state index < -0.39 is 6.04 Å². The van der Waals surface area contributed by atoms with Crippen molar-refractivity contribution in [3.63, 3.8) is 0 Å². The summed E-state index contributed by atoms with van der Waals surface area (Å²) in [6.07, 6.45) is 3.16.